The first-order valence-electron chi connectivity index (χ1n) is 8.82. The molecule has 28 heavy (non-hydrogen) atoms. The summed E-state index contributed by atoms with van der Waals surface area (Å²) in [5, 5.41) is 5.00. The largest absolute Gasteiger partial charge is 0.454 e. The summed E-state index contributed by atoms with van der Waals surface area (Å²) in [4.78, 5) is 48.7. The SMILES string of the molecule is CCNC(=O)CN(CC)C(=O)COC(=O)CNC(=O)c1ccc2c(c1)OCO2. The quantitative estimate of drug-likeness (QED) is 0.551. The van der Waals surface area contributed by atoms with E-state index < -0.39 is 30.9 Å². The number of rotatable bonds is 9. The van der Waals surface area contributed by atoms with Gasteiger partial charge in [-0.25, -0.2) is 0 Å². The van der Waals surface area contributed by atoms with Gasteiger partial charge in [0.05, 0.1) is 6.54 Å². The molecule has 152 valence electrons. The van der Waals surface area contributed by atoms with E-state index in [0.717, 1.165) is 0 Å². The van der Waals surface area contributed by atoms with Crippen LogP contribution < -0.4 is 20.1 Å². The van der Waals surface area contributed by atoms with E-state index >= 15 is 0 Å². The van der Waals surface area contributed by atoms with Gasteiger partial charge in [-0.15, -0.1) is 0 Å². The van der Waals surface area contributed by atoms with E-state index in [4.69, 9.17) is 14.2 Å². The Morgan fingerprint density at radius 3 is 2.57 bits per heavy atom. The van der Waals surface area contributed by atoms with Crippen LogP contribution in [-0.4, -0.2) is 68.2 Å². The van der Waals surface area contributed by atoms with Crippen LogP contribution in [0.3, 0.4) is 0 Å². The number of carbonyl (C=O) groups is 4. The molecule has 0 saturated heterocycles. The number of nitrogens with zero attached hydrogens (tertiary/aromatic N) is 1. The average Bonchev–Trinajstić information content (AvgIpc) is 3.16. The Balaban J connectivity index is 1.75. The summed E-state index contributed by atoms with van der Waals surface area (Å²) in [6.45, 7) is 3.32. The van der Waals surface area contributed by atoms with E-state index in [-0.39, 0.29) is 19.2 Å². The van der Waals surface area contributed by atoms with Crippen molar-refractivity contribution >= 4 is 23.7 Å². The zero-order chi connectivity index (χ0) is 20.5. The minimum absolute atomic E-state index is 0.0929. The second-order valence-electron chi connectivity index (χ2n) is 5.77. The maximum absolute atomic E-state index is 12.1. The number of carbonyl (C=O) groups excluding carboxylic acids is 4. The first-order chi connectivity index (χ1) is 13.4. The lowest BCUT2D eigenvalue weighted by molar-refractivity contribution is -0.151. The molecule has 1 aromatic rings. The lowest BCUT2D eigenvalue weighted by atomic mass is 10.2. The predicted molar refractivity (Wildman–Crippen MR) is 96.8 cm³/mol. The monoisotopic (exact) mass is 393 g/mol. The van der Waals surface area contributed by atoms with Crippen molar-refractivity contribution in [2.24, 2.45) is 0 Å². The van der Waals surface area contributed by atoms with Crippen molar-refractivity contribution in [3.8, 4) is 11.5 Å². The van der Waals surface area contributed by atoms with Gasteiger partial charge in [0.15, 0.2) is 18.1 Å². The summed E-state index contributed by atoms with van der Waals surface area (Å²) in [6, 6.07) is 4.65. The summed E-state index contributed by atoms with van der Waals surface area (Å²) in [7, 11) is 0. The van der Waals surface area contributed by atoms with Gasteiger partial charge >= 0.3 is 5.97 Å². The highest BCUT2D eigenvalue weighted by Crippen LogP contribution is 2.32. The first kappa shape index (κ1) is 21.0. The Hall–Kier alpha value is -3.30. The van der Waals surface area contributed by atoms with Crippen LogP contribution in [0.25, 0.3) is 0 Å². The Kier molecular flexibility index (Phi) is 7.61. The number of likely N-dealkylation sites (N-methyl/N-ethyl adjacent to an activating group) is 2. The zero-order valence-electron chi connectivity index (χ0n) is 15.8. The van der Waals surface area contributed by atoms with Crippen molar-refractivity contribution in [3.63, 3.8) is 0 Å². The van der Waals surface area contributed by atoms with Crippen LogP contribution >= 0.6 is 0 Å². The molecule has 1 aliphatic heterocycles. The lowest BCUT2D eigenvalue weighted by Crippen LogP contribution is -2.42. The second-order valence-corrected chi connectivity index (χ2v) is 5.77. The molecule has 0 spiro atoms. The molecule has 1 heterocycles. The van der Waals surface area contributed by atoms with Gasteiger partial charge in [-0.3, -0.25) is 19.2 Å². The molecule has 0 radical (unpaired) electrons. The van der Waals surface area contributed by atoms with Gasteiger partial charge in [0.1, 0.15) is 6.54 Å². The summed E-state index contributed by atoms with van der Waals surface area (Å²) in [5.41, 5.74) is 0.298. The van der Waals surface area contributed by atoms with Crippen molar-refractivity contribution < 1.29 is 33.4 Å². The number of ether oxygens (including phenoxy) is 3. The van der Waals surface area contributed by atoms with Gasteiger partial charge in [-0.05, 0) is 32.0 Å². The summed E-state index contributed by atoms with van der Waals surface area (Å²) >= 11 is 0. The van der Waals surface area contributed by atoms with Crippen LogP contribution in [0.15, 0.2) is 18.2 Å². The minimum Gasteiger partial charge on any atom is -0.454 e. The molecule has 2 rings (SSSR count). The summed E-state index contributed by atoms with van der Waals surface area (Å²) < 4.78 is 15.2. The Bertz CT molecular complexity index is 751. The minimum atomic E-state index is -0.767. The highest BCUT2D eigenvalue weighted by molar-refractivity contribution is 5.96. The smallest absolute Gasteiger partial charge is 0.325 e. The maximum atomic E-state index is 12.1. The number of hydrogen-bond donors (Lipinski definition) is 2. The molecule has 0 atom stereocenters. The third-order valence-corrected chi connectivity index (χ3v) is 3.83. The van der Waals surface area contributed by atoms with Gasteiger partial charge in [0, 0.05) is 18.7 Å². The standard InChI is InChI=1S/C18H23N3O7/c1-3-19-15(22)9-21(4-2)16(23)10-26-17(24)8-20-18(25)12-5-6-13-14(7-12)28-11-27-13/h5-7H,3-4,8-11H2,1-2H3,(H,19,22)(H,20,25). The Morgan fingerprint density at radius 1 is 1.11 bits per heavy atom. The van der Waals surface area contributed by atoms with E-state index in [1.807, 2.05) is 0 Å². The number of nitrogens with one attached hydrogen (secondary N) is 2. The number of esters is 1. The summed E-state index contributed by atoms with van der Waals surface area (Å²) in [6.07, 6.45) is 0. The third kappa shape index (κ3) is 5.86. The van der Waals surface area contributed by atoms with E-state index in [0.29, 0.717) is 30.2 Å². The molecule has 0 fully saturated rings. The van der Waals surface area contributed by atoms with Crippen LogP contribution in [-0.2, 0) is 19.1 Å². The average molecular weight is 393 g/mol. The van der Waals surface area contributed by atoms with Crippen LogP contribution in [0.4, 0.5) is 0 Å². The van der Waals surface area contributed by atoms with Gasteiger partial charge in [0.2, 0.25) is 12.7 Å². The van der Waals surface area contributed by atoms with E-state index in [1.165, 1.54) is 17.0 Å². The molecule has 1 aliphatic rings. The second kappa shape index (κ2) is 10.1. The maximum Gasteiger partial charge on any atom is 0.325 e. The lowest BCUT2D eigenvalue weighted by Gasteiger charge is -2.20. The summed E-state index contributed by atoms with van der Waals surface area (Å²) in [5.74, 6) is -1.05. The van der Waals surface area contributed by atoms with Crippen LogP contribution in [0.2, 0.25) is 0 Å². The fourth-order valence-electron chi connectivity index (χ4n) is 2.38. The Morgan fingerprint density at radius 2 is 1.86 bits per heavy atom. The third-order valence-electron chi connectivity index (χ3n) is 3.83. The predicted octanol–water partition coefficient (Wildman–Crippen LogP) is -0.327. The van der Waals surface area contributed by atoms with Crippen molar-refractivity contribution in [1.29, 1.82) is 0 Å². The number of benzene rings is 1. The first-order valence-corrected chi connectivity index (χ1v) is 8.82. The molecule has 0 aromatic heterocycles. The van der Waals surface area contributed by atoms with Crippen molar-refractivity contribution in [3.05, 3.63) is 23.8 Å². The number of amides is 3. The molecule has 10 heteroatoms. The molecule has 1 aromatic carbocycles. The van der Waals surface area contributed by atoms with E-state index in [2.05, 4.69) is 10.6 Å². The molecule has 0 saturated carbocycles. The van der Waals surface area contributed by atoms with Crippen molar-refractivity contribution in [1.82, 2.24) is 15.5 Å². The van der Waals surface area contributed by atoms with E-state index in [9.17, 15) is 19.2 Å². The molecule has 0 bridgehead atoms. The zero-order valence-corrected chi connectivity index (χ0v) is 15.8. The van der Waals surface area contributed by atoms with Gasteiger partial charge in [0.25, 0.3) is 11.8 Å². The molecule has 0 unspecified atom stereocenters. The molecular weight excluding hydrogens is 370 g/mol. The molecule has 2 N–H and O–H groups in total. The van der Waals surface area contributed by atoms with Crippen molar-refractivity contribution in [2.45, 2.75) is 13.8 Å². The van der Waals surface area contributed by atoms with E-state index in [1.54, 1.807) is 19.9 Å². The van der Waals surface area contributed by atoms with Crippen LogP contribution in [0, 0.1) is 0 Å². The number of hydrogen-bond acceptors (Lipinski definition) is 7. The molecular formula is C18H23N3O7. The van der Waals surface area contributed by atoms with Gasteiger partial charge < -0.3 is 29.7 Å². The Labute approximate surface area is 162 Å². The van der Waals surface area contributed by atoms with Crippen LogP contribution in [0.1, 0.15) is 24.2 Å². The highest BCUT2D eigenvalue weighted by atomic mass is 16.7. The molecule has 10 nitrogen and oxygen atoms in total. The van der Waals surface area contributed by atoms with Gasteiger partial charge in [-0.1, -0.05) is 0 Å². The van der Waals surface area contributed by atoms with Crippen LogP contribution in [0.5, 0.6) is 11.5 Å². The fraction of sp³-hybridized carbons (Fsp3) is 0.444. The van der Waals surface area contributed by atoms with Crippen molar-refractivity contribution in [2.75, 3.05) is 39.6 Å². The topological polar surface area (TPSA) is 123 Å². The fourth-order valence-corrected chi connectivity index (χ4v) is 2.38. The normalized spacial score (nSPS) is 11.5. The molecule has 0 aliphatic carbocycles. The highest BCUT2D eigenvalue weighted by Gasteiger charge is 2.19. The molecule has 3 amide bonds. The van der Waals surface area contributed by atoms with Gasteiger partial charge in [-0.2, -0.15) is 0 Å². The number of fused-ring (bicyclic) bond motifs is 1.